The number of ether oxygens (including phenoxy) is 1. The third-order valence-corrected chi connectivity index (χ3v) is 4.99. The van der Waals surface area contributed by atoms with E-state index in [-0.39, 0.29) is 33.0 Å². The van der Waals surface area contributed by atoms with Gasteiger partial charge in [-0.1, -0.05) is 55.2 Å². The van der Waals surface area contributed by atoms with Crippen LogP contribution in [-0.2, 0) is 0 Å². The predicted molar refractivity (Wildman–Crippen MR) is 106 cm³/mol. The molecule has 2 aromatic rings. The van der Waals surface area contributed by atoms with Crippen LogP contribution in [0.25, 0.3) is 0 Å². The zero-order valence-corrected chi connectivity index (χ0v) is 16.6. The molecule has 0 N–H and O–H groups in total. The monoisotopic (exact) mass is 375 g/mol. The summed E-state index contributed by atoms with van der Waals surface area (Å²) in [4.78, 5) is 12.4. The Hall–Kier alpha value is -0.483. The first-order valence-corrected chi connectivity index (χ1v) is 9.21. The molecule has 0 aliphatic rings. The average molecular weight is 376 g/mol. The fourth-order valence-electron chi connectivity index (χ4n) is 1.96. The van der Waals surface area contributed by atoms with Gasteiger partial charge in [-0.2, -0.15) is 0 Å². The van der Waals surface area contributed by atoms with Gasteiger partial charge in [0.1, 0.15) is 5.75 Å². The minimum absolute atomic E-state index is 0. The van der Waals surface area contributed by atoms with Gasteiger partial charge < -0.3 is 4.74 Å². The van der Waals surface area contributed by atoms with Crippen molar-refractivity contribution in [2.24, 2.45) is 5.92 Å². The van der Waals surface area contributed by atoms with E-state index in [1.165, 1.54) is 0 Å². The quantitative estimate of drug-likeness (QED) is 0.492. The molecule has 2 nitrogen and oxygen atoms in total. The second-order valence-corrected chi connectivity index (χ2v) is 7.70. The number of hydrogen-bond donors (Lipinski definition) is 0. The molecule has 6 heteroatoms. The van der Waals surface area contributed by atoms with Gasteiger partial charge in [-0.3, -0.25) is 4.79 Å². The van der Waals surface area contributed by atoms with Crippen LogP contribution < -0.4 is 10.0 Å². The molecule has 0 saturated heterocycles. The SMILES string of the molecule is CC(C)CCOc1ccc(PC(=O)c2c(Cl)cccc2Cl)cc1.[Li]. The van der Waals surface area contributed by atoms with Crippen LogP contribution in [0.3, 0.4) is 0 Å². The van der Waals surface area contributed by atoms with Gasteiger partial charge in [0.15, 0.2) is 5.52 Å². The summed E-state index contributed by atoms with van der Waals surface area (Å²) in [6.07, 6.45) is 1.02. The number of benzene rings is 2. The molecule has 123 valence electrons. The Kier molecular flexibility index (Phi) is 9.43. The zero-order chi connectivity index (χ0) is 16.8. The van der Waals surface area contributed by atoms with E-state index in [0.717, 1.165) is 17.5 Å². The normalized spacial score (nSPS) is 10.9. The molecule has 0 bridgehead atoms. The Morgan fingerprint density at radius 2 is 1.67 bits per heavy atom. The molecule has 0 heterocycles. The second kappa shape index (κ2) is 10.5. The Morgan fingerprint density at radius 1 is 1.08 bits per heavy atom. The summed E-state index contributed by atoms with van der Waals surface area (Å²) < 4.78 is 5.68. The summed E-state index contributed by atoms with van der Waals surface area (Å²) in [5.74, 6) is 1.44. The van der Waals surface area contributed by atoms with E-state index >= 15 is 0 Å². The van der Waals surface area contributed by atoms with Gasteiger partial charge in [-0.25, -0.2) is 0 Å². The van der Waals surface area contributed by atoms with Crippen LogP contribution in [0.1, 0.15) is 30.6 Å². The van der Waals surface area contributed by atoms with Crippen LogP contribution in [0, 0.1) is 5.92 Å². The first kappa shape index (κ1) is 21.6. The maximum Gasteiger partial charge on any atom is 0.188 e. The average Bonchev–Trinajstić information content (AvgIpc) is 2.48. The first-order chi connectivity index (χ1) is 11.0. The van der Waals surface area contributed by atoms with Crippen molar-refractivity contribution in [1.82, 2.24) is 0 Å². The van der Waals surface area contributed by atoms with Crippen molar-refractivity contribution >= 4 is 61.5 Å². The third-order valence-electron chi connectivity index (χ3n) is 3.27. The van der Waals surface area contributed by atoms with Crippen LogP contribution in [0.5, 0.6) is 5.75 Å². The van der Waals surface area contributed by atoms with Crippen molar-refractivity contribution in [3.8, 4) is 5.75 Å². The smallest absolute Gasteiger partial charge is 0.188 e. The van der Waals surface area contributed by atoms with Gasteiger partial charge in [-0.15, -0.1) is 0 Å². The van der Waals surface area contributed by atoms with E-state index < -0.39 is 0 Å². The minimum atomic E-state index is -0.0610. The zero-order valence-electron chi connectivity index (χ0n) is 14.1. The van der Waals surface area contributed by atoms with Crippen molar-refractivity contribution in [2.75, 3.05) is 6.61 Å². The standard InChI is InChI=1S/C18H19Cl2O2P.Li/c1-12(2)10-11-22-13-6-8-14(9-7-13)23-18(21)17-15(19)4-3-5-16(17)20;/h3-9,12,23H,10-11H2,1-2H3;. The first-order valence-electron chi connectivity index (χ1n) is 7.45. The molecule has 0 fully saturated rings. The van der Waals surface area contributed by atoms with Crippen LogP contribution >= 0.6 is 31.8 Å². The van der Waals surface area contributed by atoms with E-state index in [0.29, 0.717) is 28.1 Å². The summed E-state index contributed by atoms with van der Waals surface area (Å²) >= 11 is 12.2. The number of halogens is 2. The molecule has 24 heavy (non-hydrogen) atoms. The topological polar surface area (TPSA) is 26.3 Å². The van der Waals surface area contributed by atoms with Gasteiger partial charge in [0, 0.05) is 18.9 Å². The fourth-order valence-corrected chi connectivity index (χ4v) is 3.67. The Labute approximate surface area is 167 Å². The summed E-state index contributed by atoms with van der Waals surface area (Å²) in [7, 11) is -0.0202. The number of rotatable bonds is 7. The van der Waals surface area contributed by atoms with Crippen molar-refractivity contribution < 1.29 is 9.53 Å². The van der Waals surface area contributed by atoms with E-state index in [1.54, 1.807) is 18.2 Å². The van der Waals surface area contributed by atoms with Crippen LogP contribution in [0.2, 0.25) is 10.0 Å². The predicted octanol–water partition coefficient (Wildman–Crippen LogP) is 5.18. The maximum atomic E-state index is 12.4. The molecule has 1 radical (unpaired) electrons. The van der Waals surface area contributed by atoms with Crippen LogP contribution in [0.15, 0.2) is 42.5 Å². The summed E-state index contributed by atoms with van der Waals surface area (Å²) in [5.41, 5.74) is 0.334. The molecule has 1 unspecified atom stereocenters. The summed E-state index contributed by atoms with van der Waals surface area (Å²) in [6, 6.07) is 12.7. The van der Waals surface area contributed by atoms with Crippen molar-refractivity contribution in [2.45, 2.75) is 20.3 Å². The van der Waals surface area contributed by atoms with Gasteiger partial charge in [-0.05, 0) is 50.5 Å². The maximum absolute atomic E-state index is 12.4. The van der Waals surface area contributed by atoms with E-state index in [1.807, 2.05) is 24.3 Å². The molecule has 0 saturated carbocycles. The van der Waals surface area contributed by atoms with Crippen LogP contribution in [0.4, 0.5) is 0 Å². The molecule has 2 rings (SSSR count). The molecule has 1 atom stereocenters. The van der Waals surface area contributed by atoms with E-state index in [2.05, 4.69) is 13.8 Å². The second-order valence-electron chi connectivity index (χ2n) is 5.61. The summed E-state index contributed by atoms with van der Waals surface area (Å²) in [6.45, 7) is 5.03. The molecule has 0 amide bonds. The van der Waals surface area contributed by atoms with E-state index in [9.17, 15) is 4.79 Å². The fraction of sp³-hybridized carbons (Fsp3) is 0.278. The molecule has 0 aliphatic carbocycles. The largest absolute Gasteiger partial charge is 0.494 e. The Balaban J connectivity index is 0.00000288. The van der Waals surface area contributed by atoms with E-state index in [4.69, 9.17) is 27.9 Å². The number of hydrogen-bond acceptors (Lipinski definition) is 2. The molecule has 0 spiro atoms. The van der Waals surface area contributed by atoms with Gasteiger partial charge >= 0.3 is 0 Å². The Morgan fingerprint density at radius 3 is 2.21 bits per heavy atom. The van der Waals surface area contributed by atoms with Gasteiger partial charge in [0.05, 0.1) is 22.2 Å². The van der Waals surface area contributed by atoms with Crippen LogP contribution in [-0.4, -0.2) is 31.0 Å². The molecule has 0 aliphatic heterocycles. The minimum Gasteiger partial charge on any atom is -0.494 e. The van der Waals surface area contributed by atoms with Crippen molar-refractivity contribution in [3.05, 3.63) is 58.1 Å². The molecular formula is C18H19Cl2LiO2P. The van der Waals surface area contributed by atoms with Gasteiger partial charge in [0.2, 0.25) is 0 Å². The Bertz CT molecular complexity index is 655. The number of carbonyl (C=O) groups excluding carboxylic acids is 1. The summed E-state index contributed by atoms with van der Waals surface area (Å²) in [5, 5.41) is 1.72. The third kappa shape index (κ3) is 6.44. The number of carbonyl (C=O) groups is 1. The molecule has 2 aromatic carbocycles. The molecule has 0 aromatic heterocycles. The van der Waals surface area contributed by atoms with Crippen molar-refractivity contribution in [1.29, 1.82) is 0 Å². The molecular weight excluding hydrogens is 357 g/mol. The van der Waals surface area contributed by atoms with Gasteiger partial charge in [0.25, 0.3) is 0 Å². The van der Waals surface area contributed by atoms with Crippen molar-refractivity contribution in [3.63, 3.8) is 0 Å².